The number of nitrogens with one attached hydrogen (secondary N) is 1. The first-order valence-corrected chi connectivity index (χ1v) is 9.57. The third-order valence-corrected chi connectivity index (χ3v) is 5.30. The van der Waals surface area contributed by atoms with Gasteiger partial charge in [-0.05, 0) is 48.6 Å². The maximum absolute atomic E-state index is 12.4. The number of carbonyl (C=O) groups is 2. The van der Waals surface area contributed by atoms with Crippen molar-refractivity contribution in [2.75, 3.05) is 11.9 Å². The van der Waals surface area contributed by atoms with E-state index in [0.29, 0.717) is 15.6 Å². The number of aryl methyl sites for hydroxylation is 2. The SMILES string of the molecule is Cc1ccc(-c2ccsc2C(=O)OCC(=O)Nc2ccc(C)c(Cl)c2)cc1. The number of thiophene rings is 1. The van der Waals surface area contributed by atoms with Crippen LogP contribution in [-0.4, -0.2) is 18.5 Å². The molecular weight excluding hydrogens is 382 g/mol. The van der Waals surface area contributed by atoms with E-state index in [-0.39, 0.29) is 6.61 Å². The van der Waals surface area contributed by atoms with E-state index >= 15 is 0 Å². The molecular formula is C21H18ClNO3S. The maximum atomic E-state index is 12.4. The van der Waals surface area contributed by atoms with Crippen molar-refractivity contribution < 1.29 is 14.3 Å². The first-order chi connectivity index (χ1) is 12.9. The van der Waals surface area contributed by atoms with Crippen molar-refractivity contribution in [3.05, 3.63) is 74.9 Å². The fourth-order valence-electron chi connectivity index (χ4n) is 2.49. The van der Waals surface area contributed by atoms with Gasteiger partial charge in [0, 0.05) is 16.3 Å². The molecule has 0 aliphatic carbocycles. The van der Waals surface area contributed by atoms with Crippen LogP contribution in [0, 0.1) is 13.8 Å². The number of amides is 1. The molecule has 0 radical (unpaired) electrons. The molecule has 0 fully saturated rings. The number of ether oxygens (including phenoxy) is 1. The summed E-state index contributed by atoms with van der Waals surface area (Å²) in [5, 5.41) is 5.06. The monoisotopic (exact) mass is 399 g/mol. The fraction of sp³-hybridized carbons (Fsp3) is 0.143. The summed E-state index contributed by atoms with van der Waals surface area (Å²) in [6, 6.07) is 15.0. The van der Waals surface area contributed by atoms with Gasteiger partial charge in [0.1, 0.15) is 4.88 Å². The minimum atomic E-state index is -0.516. The molecule has 0 aliphatic heterocycles. The Bertz CT molecular complexity index is 979. The van der Waals surface area contributed by atoms with E-state index in [4.69, 9.17) is 16.3 Å². The maximum Gasteiger partial charge on any atom is 0.349 e. The van der Waals surface area contributed by atoms with Crippen molar-refractivity contribution >= 4 is 40.5 Å². The molecule has 1 heterocycles. The zero-order valence-corrected chi connectivity index (χ0v) is 16.5. The van der Waals surface area contributed by atoms with Crippen LogP contribution in [0.5, 0.6) is 0 Å². The number of hydrogen-bond acceptors (Lipinski definition) is 4. The van der Waals surface area contributed by atoms with Crippen molar-refractivity contribution in [3.63, 3.8) is 0 Å². The quantitative estimate of drug-likeness (QED) is 0.578. The lowest BCUT2D eigenvalue weighted by atomic mass is 10.1. The van der Waals surface area contributed by atoms with Gasteiger partial charge in [-0.3, -0.25) is 4.79 Å². The molecule has 1 amide bonds. The van der Waals surface area contributed by atoms with E-state index < -0.39 is 11.9 Å². The Morgan fingerprint density at radius 1 is 1.07 bits per heavy atom. The van der Waals surface area contributed by atoms with Crippen molar-refractivity contribution in [2.24, 2.45) is 0 Å². The highest BCUT2D eigenvalue weighted by molar-refractivity contribution is 7.12. The molecule has 27 heavy (non-hydrogen) atoms. The van der Waals surface area contributed by atoms with Gasteiger partial charge < -0.3 is 10.1 Å². The predicted octanol–water partition coefficient (Wildman–Crippen LogP) is 5.48. The van der Waals surface area contributed by atoms with Gasteiger partial charge in [0.2, 0.25) is 0 Å². The van der Waals surface area contributed by atoms with E-state index in [1.807, 2.05) is 55.6 Å². The molecule has 1 aromatic heterocycles. The molecule has 0 atom stereocenters. The molecule has 3 rings (SSSR count). The normalized spacial score (nSPS) is 10.5. The average Bonchev–Trinajstić information content (AvgIpc) is 3.13. The van der Waals surface area contributed by atoms with Crippen LogP contribution >= 0.6 is 22.9 Å². The van der Waals surface area contributed by atoms with E-state index in [1.165, 1.54) is 11.3 Å². The summed E-state index contributed by atoms with van der Waals surface area (Å²) in [5.74, 6) is -0.936. The zero-order chi connectivity index (χ0) is 19.4. The van der Waals surface area contributed by atoms with E-state index in [9.17, 15) is 9.59 Å². The van der Waals surface area contributed by atoms with Gasteiger partial charge in [-0.25, -0.2) is 4.79 Å². The summed E-state index contributed by atoms with van der Waals surface area (Å²) in [6.07, 6.45) is 0. The average molecular weight is 400 g/mol. The van der Waals surface area contributed by atoms with Crippen LogP contribution in [0.25, 0.3) is 11.1 Å². The fourth-order valence-corrected chi connectivity index (χ4v) is 3.48. The molecule has 138 valence electrons. The molecule has 1 N–H and O–H groups in total. The summed E-state index contributed by atoms with van der Waals surface area (Å²) >= 11 is 7.33. The summed E-state index contributed by atoms with van der Waals surface area (Å²) in [6.45, 7) is 3.52. The summed E-state index contributed by atoms with van der Waals surface area (Å²) in [4.78, 5) is 24.9. The summed E-state index contributed by atoms with van der Waals surface area (Å²) in [5.41, 5.74) is 4.36. The molecule has 0 aliphatic rings. The number of halogens is 1. The third-order valence-electron chi connectivity index (χ3n) is 4.00. The molecule has 0 saturated heterocycles. The number of rotatable bonds is 5. The van der Waals surface area contributed by atoms with Crippen LogP contribution in [0.15, 0.2) is 53.9 Å². The highest BCUT2D eigenvalue weighted by Gasteiger charge is 2.17. The smallest absolute Gasteiger partial charge is 0.349 e. The third kappa shape index (κ3) is 4.76. The first-order valence-electron chi connectivity index (χ1n) is 8.31. The van der Waals surface area contributed by atoms with Gasteiger partial charge in [0.05, 0.1) is 0 Å². The predicted molar refractivity (Wildman–Crippen MR) is 110 cm³/mol. The van der Waals surface area contributed by atoms with Crippen LogP contribution in [-0.2, 0) is 9.53 Å². The number of hydrogen-bond donors (Lipinski definition) is 1. The van der Waals surface area contributed by atoms with Crippen LogP contribution in [0.1, 0.15) is 20.8 Å². The highest BCUT2D eigenvalue weighted by Crippen LogP contribution is 2.29. The Kier molecular flexibility index (Phi) is 5.94. The van der Waals surface area contributed by atoms with E-state index in [1.54, 1.807) is 12.1 Å². The van der Waals surface area contributed by atoms with Crippen LogP contribution in [0.4, 0.5) is 5.69 Å². The molecule has 3 aromatic rings. The largest absolute Gasteiger partial charge is 0.451 e. The second-order valence-electron chi connectivity index (χ2n) is 6.12. The van der Waals surface area contributed by atoms with Gasteiger partial charge in [0.25, 0.3) is 5.91 Å². The molecule has 0 bridgehead atoms. The van der Waals surface area contributed by atoms with Crippen molar-refractivity contribution in [3.8, 4) is 11.1 Å². The van der Waals surface area contributed by atoms with Crippen molar-refractivity contribution in [2.45, 2.75) is 13.8 Å². The topological polar surface area (TPSA) is 55.4 Å². The lowest BCUT2D eigenvalue weighted by Gasteiger charge is -2.08. The molecule has 0 saturated carbocycles. The lowest BCUT2D eigenvalue weighted by molar-refractivity contribution is -0.119. The van der Waals surface area contributed by atoms with Crippen molar-refractivity contribution in [1.29, 1.82) is 0 Å². The Labute approximate surface area is 166 Å². The molecule has 4 nitrogen and oxygen atoms in total. The molecule has 0 unspecified atom stereocenters. The Hall–Kier alpha value is -2.63. The van der Waals surface area contributed by atoms with Crippen LogP contribution in [0.3, 0.4) is 0 Å². The molecule has 0 spiro atoms. The number of carbonyl (C=O) groups excluding carboxylic acids is 2. The van der Waals surface area contributed by atoms with E-state index in [0.717, 1.165) is 22.3 Å². The Balaban J connectivity index is 1.63. The second kappa shape index (κ2) is 8.37. The minimum absolute atomic E-state index is 0.366. The number of esters is 1. The zero-order valence-electron chi connectivity index (χ0n) is 14.9. The van der Waals surface area contributed by atoms with Gasteiger partial charge in [-0.1, -0.05) is 47.5 Å². The number of benzene rings is 2. The van der Waals surface area contributed by atoms with Gasteiger partial charge >= 0.3 is 5.97 Å². The number of anilines is 1. The lowest BCUT2D eigenvalue weighted by Crippen LogP contribution is -2.20. The van der Waals surface area contributed by atoms with E-state index in [2.05, 4.69) is 5.32 Å². The molecule has 6 heteroatoms. The minimum Gasteiger partial charge on any atom is -0.451 e. The Morgan fingerprint density at radius 2 is 1.81 bits per heavy atom. The van der Waals surface area contributed by atoms with Gasteiger partial charge in [-0.2, -0.15) is 0 Å². The van der Waals surface area contributed by atoms with Crippen molar-refractivity contribution in [1.82, 2.24) is 0 Å². The van der Waals surface area contributed by atoms with Gasteiger partial charge in [0.15, 0.2) is 6.61 Å². The highest BCUT2D eigenvalue weighted by atomic mass is 35.5. The Morgan fingerprint density at radius 3 is 2.52 bits per heavy atom. The van der Waals surface area contributed by atoms with Gasteiger partial charge in [-0.15, -0.1) is 11.3 Å². The van der Waals surface area contributed by atoms with Crippen LogP contribution in [0.2, 0.25) is 5.02 Å². The standard InChI is InChI=1S/C21H18ClNO3S/c1-13-3-6-15(7-4-13)17-9-10-27-20(17)21(25)26-12-19(24)23-16-8-5-14(2)18(22)11-16/h3-11H,12H2,1-2H3,(H,23,24). The second-order valence-corrected chi connectivity index (χ2v) is 7.44. The first kappa shape index (κ1) is 19.1. The van der Waals surface area contributed by atoms with Crippen LogP contribution < -0.4 is 5.32 Å². The summed E-state index contributed by atoms with van der Waals surface area (Å²) < 4.78 is 5.19. The molecule has 2 aromatic carbocycles. The summed E-state index contributed by atoms with van der Waals surface area (Å²) in [7, 11) is 0.